The summed E-state index contributed by atoms with van der Waals surface area (Å²) in [5, 5.41) is 11.0. The number of ether oxygens (including phenoxy) is 1. The van der Waals surface area contributed by atoms with Crippen molar-refractivity contribution in [2.45, 2.75) is 13.0 Å². The minimum absolute atomic E-state index is 0.0732. The van der Waals surface area contributed by atoms with Crippen LogP contribution in [0.1, 0.15) is 6.92 Å². The highest BCUT2D eigenvalue weighted by atomic mass is 16.5. The Bertz CT molecular complexity index is 204. The van der Waals surface area contributed by atoms with Crippen LogP contribution in [-0.4, -0.2) is 43.3 Å². The number of hydrogen-bond acceptors (Lipinski definition) is 4. The first-order valence-corrected chi connectivity index (χ1v) is 4.26. The second kappa shape index (κ2) is 6.33. The average molecular weight is 204 g/mol. The smallest absolute Gasteiger partial charge is 0.308 e. The minimum atomic E-state index is -0.952. The van der Waals surface area contributed by atoms with Gasteiger partial charge in [0.15, 0.2) is 0 Å². The zero-order valence-corrected chi connectivity index (χ0v) is 8.32. The first-order chi connectivity index (χ1) is 6.52. The number of carbonyl (C=O) groups is 2. The third kappa shape index (κ3) is 4.20. The second-order valence-electron chi connectivity index (χ2n) is 2.94. The lowest BCUT2D eigenvalue weighted by Gasteiger charge is -2.14. The van der Waals surface area contributed by atoms with Crippen molar-refractivity contribution < 1.29 is 19.4 Å². The van der Waals surface area contributed by atoms with E-state index in [2.05, 4.69) is 5.32 Å². The van der Waals surface area contributed by atoms with Crippen molar-refractivity contribution in [3.63, 3.8) is 0 Å². The summed E-state index contributed by atoms with van der Waals surface area (Å²) in [5.74, 6) is -1.95. The van der Waals surface area contributed by atoms with Gasteiger partial charge in [-0.1, -0.05) is 6.92 Å². The molecule has 0 bridgehead atoms. The molecule has 0 aromatic carbocycles. The van der Waals surface area contributed by atoms with Gasteiger partial charge < -0.3 is 20.9 Å². The van der Waals surface area contributed by atoms with E-state index < -0.39 is 18.0 Å². The van der Waals surface area contributed by atoms with E-state index >= 15 is 0 Å². The Labute approximate surface area is 82.4 Å². The van der Waals surface area contributed by atoms with Crippen molar-refractivity contribution >= 4 is 11.9 Å². The second-order valence-corrected chi connectivity index (χ2v) is 2.94. The Kier molecular flexibility index (Phi) is 5.82. The molecule has 0 aromatic rings. The van der Waals surface area contributed by atoms with Gasteiger partial charge in [0.2, 0.25) is 5.91 Å². The molecule has 82 valence electrons. The van der Waals surface area contributed by atoms with E-state index in [1.54, 1.807) is 0 Å². The maximum absolute atomic E-state index is 11.2. The van der Waals surface area contributed by atoms with Crippen LogP contribution in [0.2, 0.25) is 0 Å². The first kappa shape index (κ1) is 12.9. The van der Waals surface area contributed by atoms with Gasteiger partial charge in [0, 0.05) is 20.2 Å². The summed E-state index contributed by atoms with van der Waals surface area (Å²) in [4.78, 5) is 21.6. The number of nitrogens with two attached hydrogens (primary N) is 1. The molecule has 0 aliphatic heterocycles. The third-order valence-corrected chi connectivity index (χ3v) is 1.80. The van der Waals surface area contributed by atoms with E-state index in [4.69, 9.17) is 15.6 Å². The maximum Gasteiger partial charge on any atom is 0.308 e. The van der Waals surface area contributed by atoms with E-state index in [0.717, 1.165) is 0 Å². The summed E-state index contributed by atoms with van der Waals surface area (Å²) >= 11 is 0. The van der Waals surface area contributed by atoms with Gasteiger partial charge in [0.05, 0.1) is 5.92 Å². The number of hydrogen-bond donors (Lipinski definition) is 3. The number of carboxylic acids is 1. The lowest BCUT2D eigenvalue weighted by Crippen LogP contribution is -2.42. The van der Waals surface area contributed by atoms with Crippen LogP contribution in [-0.2, 0) is 14.3 Å². The summed E-state index contributed by atoms with van der Waals surface area (Å²) in [5.41, 5.74) is 5.25. The molecule has 0 saturated carbocycles. The zero-order chi connectivity index (χ0) is 11.1. The number of amides is 1. The predicted molar refractivity (Wildman–Crippen MR) is 49.7 cm³/mol. The van der Waals surface area contributed by atoms with E-state index in [1.165, 1.54) is 14.0 Å². The molecule has 0 radical (unpaired) electrons. The molecule has 2 unspecified atom stereocenters. The van der Waals surface area contributed by atoms with Crippen LogP contribution < -0.4 is 11.1 Å². The van der Waals surface area contributed by atoms with Crippen LogP contribution in [0, 0.1) is 5.92 Å². The van der Waals surface area contributed by atoms with Crippen LogP contribution in [0.4, 0.5) is 0 Å². The highest BCUT2D eigenvalue weighted by Gasteiger charge is 2.17. The molecular weight excluding hydrogens is 188 g/mol. The Morgan fingerprint density at radius 2 is 2.14 bits per heavy atom. The molecule has 6 heteroatoms. The van der Waals surface area contributed by atoms with Gasteiger partial charge in [-0.3, -0.25) is 9.59 Å². The fourth-order valence-electron chi connectivity index (χ4n) is 0.765. The van der Waals surface area contributed by atoms with Gasteiger partial charge in [-0.05, 0) is 0 Å². The maximum atomic E-state index is 11.2. The fourth-order valence-corrected chi connectivity index (χ4v) is 0.765. The van der Waals surface area contributed by atoms with E-state index in [-0.39, 0.29) is 19.0 Å². The molecule has 14 heavy (non-hydrogen) atoms. The van der Waals surface area contributed by atoms with Gasteiger partial charge in [-0.2, -0.15) is 0 Å². The molecule has 2 atom stereocenters. The average Bonchev–Trinajstić information content (AvgIpc) is 2.15. The number of rotatable bonds is 6. The van der Waals surface area contributed by atoms with E-state index in [9.17, 15) is 9.59 Å². The normalized spacial score (nSPS) is 14.5. The molecule has 4 N–H and O–H groups in total. The molecule has 0 rings (SSSR count). The summed E-state index contributed by atoms with van der Waals surface area (Å²) in [7, 11) is 1.37. The standard InChI is InChI=1S/C8H16N2O4/c1-5(8(12)13)4-10-7(11)6(3-9)14-2/h5-6H,3-4,9H2,1-2H3,(H,10,11)(H,12,13). The molecular formula is C8H16N2O4. The lowest BCUT2D eigenvalue weighted by atomic mass is 10.2. The van der Waals surface area contributed by atoms with Crippen molar-refractivity contribution in [3.8, 4) is 0 Å². The van der Waals surface area contributed by atoms with Crippen LogP contribution in [0.5, 0.6) is 0 Å². The minimum Gasteiger partial charge on any atom is -0.481 e. The van der Waals surface area contributed by atoms with Crippen LogP contribution in [0.3, 0.4) is 0 Å². The number of nitrogens with one attached hydrogen (secondary N) is 1. The molecule has 0 aromatic heterocycles. The molecule has 0 aliphatic rings. The van der Waals surface area contributed by atoms with Gasteiger partial charge >= 0.3 is 5.97 Å². The highest BCUT2D eigenvalue weighted by Crippen LogP contribution is 1.93. The number of aliphatic carboxylic acids is 1. The molecule has 0 fully saturated rings. The van der Waals surface area contributed by atoms with Crippen LogP contribution in [0.15, 0.2) is 0 Å². The van der Waals surface area contributed by atoms with Crippen LogP contribution >= 0.6 is 0 Å². The van der Waals surface area contributed by atoms with Crippen LogP contribution in [0.25, 0.3) is 0 Å². The first-order valence-electron chi connectivity index (χ1n) is 4.26. The molecule has 1 amide bonds. The predicted octanol–water partition coefficient (Wildman–Crippen LogP) is -1.20. The summed E-state index contributed by atoms with van der Waals surface area (Å²) < 4.78 is 4.77. The zero-order valence-electron chi connectivity index (χ0n) is 8.32. The molecule has 0 saturated heterocycles. The van der Waals surface area contributed by atoms with Gasteiger partial charge in [0.25, 0.3) is 0 Å². The summed E-state index contributed by atoms with van der Waals surface area (Å²) in [6, 6.07) is 0. The van der Waals surface area contributed by atoms with E-state index in [1.807, 2.05) is 0 Å². The number of carbonyl (C=O) groups excluding carboxylic acids is 1. The van der Waals surface area contributed by atoms with E-state index in [0.29, 0.717) is 0 Å². The highest BCUT2D eigenvalue weighted by molar-refractivity contribution is 5.81. The summed E-state index contributed by atoms with van der Waals surface area (Å²) in [6.45, 7) is 1.66. The van der Waals surface area contributed by atoms with Gasteiger partial charge in [0.1, 0.15) is 6.10 Å². The monoisotopic (exact) mass is 204 g/mol. The number of methoxy groups -OCH3 is 1. The molecule has 0 heterocycles. The Morgan fingerprint density at radius 1 is 1.57 bits per heavy atom. The largest absolute Gasteiger partial charge is 0.481 e. The molecule has 0 spiro atoms. The van der Waals surface area contributed by atoms with Crippen molar-refractivity contribution in [1.82, 2.24) is 5.32 Å². The van der Waals surface area contributed by atoms with Crippen molar-refractivity contribution in [1.29, 1.82) is 0 Å². The molecule has 0 aliphatic carbocycles. The van der Waals surface area contributed by atoms with Crippen molar-refractivity contribution in [3.05, 3.63) is 0 Å². The fraction of sp³-hybridized carbons (Fsp3) is 0.750. The topological polar surface area (TPSA) is 102 Å². The Balaban J connectivity index is 3.89. The van der Waals surface area contributed by atoms with Crippen molar-refractivity contribution in [2.75, 3.05) is 20.2 Å². The lowest BCUT2D eigenvalue weighted by molar-refractivity contribution is -0.141. The Morgan fingerprint density at radius 3 is 2.50 bits per heavy atom. The third-order valence-electron chi connectivity index (χ3n) is 1.80. The molecule has 6 nitrogen and oxygen atoms in total. The van der Waals surface area contributed by atoms with Gasteiger partial charge in [-0.25, -0.2) is 0 Å². The quantitative estimate of drug-likeness (QED) is 0.504. The van der Waals surface area contributed by atoms with Crippen molar-refractivity contribution in [2.24, 2.45) is 11.7 Å². The van der Waals surface area contributed by atoms with Gasteiger partial charge in [-0.15, -0.1) is 0 Å². The number of carboxylic acid groups (broad SMARTS) is 1. The SMILES string of the molecule is COC(CN)C(=O)NCC(C)C(=O)O. The Hall–Kier alpha value is -1.14. The summed E-state index contributed by atoms with van der Waals surface area (Å²) in [6.07, 6.45) is -0.712.